The van der Waals surface area contributed by atoms with Gasteiger partial charge in [-0.2, -0.15) is 11.8 Å². The lowest BCUT2D eigenvalue weighted by Gasteiger charge is -2.29. The van der Waals surface area contributed by atoms with Crippen molar-refractivity contribution in [2.45, 2.75) is 49.2 Å². The van der Waals surface area contributed by atoms with Gasteiger partial charge < -0.3 is 26.0 Å². The van der Waals surface area contributed by atoms with Gasteiger partial charge in [-0.1, -0.05) is 42.8 Å². The summed E-state index contributed by atoms with van der Waals surface area (Å²) in [4.78, 5) is 23.8. The molecule has 3 aliphatic rings. The fraction of sp³-hybridized carbons (Fsp3) is 0.333. The summed E-state index contributed by atoms with van der Waals surface area (Å²) >= 11 is 1.90. The Hall–Kier alpha value is -3.39. The number of anilines is 2. The molecular weight excluding hydrogens is 460 g/mol. The van der Waals surface area contributed by atoms with E-state index in [4.69, 9.17) is 4.74 Å². The first kappa shape index (κ1) is 22.1. The van der Waals surface area contributed by atoms with Crippen LogP contribution < -0.4 is 26.0 Å². The third-order valence-corrected chi connectivity index (χ3v) is 8.52. The monoisotopic (exact) mass is 488 g/mol. The van der Waals surface area contributed by atoms with Gasteiger partial charge in [-0.15, -0.1) is 0 Å². The maximum atomic E-state index is 12.3. The van der Waals surface area contributed by atoms with E-state index in [0.717, 1.165) is 42.0 Å². The van der Waals surface area contributed by atoms with E-state index in [1.54, 1.807) is 0 Å². The van der Waals surface area contributed by atoms with Crippen molar-refractivity contribution in [1.29, 1.82) is 0 Å². The molecule has 0 saturated carbocycles. The van der Waals surface area contributed by atoms with E-state index < -0.39 is 0 Å². The summed E-state index contributed by atoms with van der Waals surface area (Å²) in [7, 11) is 0. The van der Waals surface area contributed by atoms with Crippen molar-refractivity contribution >= 4 is 45.9 Å². The molecule has 2 saturated heterocycles. The molecule has 0 spiro atoms. The minimum Gasteiger partial charge on any atom is -0.427 e. The van der Waals surface area contributed by atoms with E-state index in [1.165, 1.54) is 10.8 Å². The van der Waals surface area contributed by atoms with E-state index in [0.29, 0.717) is 17.4 Å². The lowest BCUT2D eigenvalue weighted by molar-refractivity contribution is -0.134. The molecule has 35 heavy (non-hydrogen) atoms. The number of unbranched alkanes of at least 4 members (excludes halogenated alkanes) is 1. The minimum atomic E-state index is -0.208. The van der Waals surface area contributed by atoms with Crippen LogP contribution in [0.3, 0.4) is 0 Å². The van der Waals surface area contributed by atoms with Crippen molar-refractivity contribution in [2.24, 2.45) is 0 Å². The van der Waals surface area contributed by atoms with Crippen molar-refractivity contribution < 1.29 is 14.3 Å². The predicted octanol–water partition coefficient (Wildman–Crippen LogP) is 5.01. The van der Waals surface area contributed by atoms with Gasteiger partial charge in [-0.05, 0) is 48.1 Å². The van der Waals surface area contributed by atoms with Gasteiger partial charge in [0.25, 0.3) is 0 Å². The standard InChI is InChI=1S/C27H28N4O3S/c32-23(10-2-1-9-22-25-21(15-35-22)30-27(33)31-25)34-18-13-11-17(12-14-18)26-28-19-7-3-5-16-6-4-8-20(29-26)24(16)19/h3-8,11-14,21-22,25-26,28-29H,1-2,9-10,15H2,(H2,30,31,33)/t21?,22-,25?/m1/s1. The molecule has 0 bridgehead atoms. The Labute approximate surface area is 208 Å². The maximum Gasteiger partial charge on any atom is 0.315 e. The number of esters is 1. The second-order valence-electron chi connectivity index (χ2n) is 9.34. The van der Waals surface area contributed by atoms with Crippen LogP contribution in [0.2, 0.25) is 0 Å². The summed E-state index contributed by atoms with van der Waals surface area (Å²) < 4.78 is 5.56. The van der Waals surface area contributed by atoms with Gasteiger partial charge >= 0.3 is 12.0 Å². The SMILES string of the molecule is O=C1NC2CS[C@H](CCCCC(=O)Oc3ccc(C4Nc5cccc6cccc(c56)N4)cc3)C2N1. The third kappa shape index (κ3) is 4.50. The van der Waals surface area contributed by atoms with Crippen LogP contribution >= 0.6 is 11.8 Å². The first-order chi connectivity index (χ1) is 17.1. The molecule has 0 radical (unpaired) electrons. The maximum absolute atomic E-state index is 12.3. The quantitative estimate of drug-likeness (QED) is 0.162. The number of hydrogen-bond donors (Lipinski definition) is 4. The first-order valence-corrected chi connectivity index (χ1v) is 13.2. The van der Waals surface area contributed by atoms with Crippen LogP contribution in [-0.4, -0.2) is 35.1 Å². The molecule has 2 fully saturated rings. The van der Waals surface area contributed by atoms with Gasteiger partial charge in [-0.25, -0.2) is 4.79 Å². The van der Waals surface area contributed by atoms with Crippen molar-refractivity contribution in [3.63, 3.8) is 0 Å². The Balaban J connectivity index is 0.989. The number of nitrogens with one attached hydrogen (secondary N) is 4. The zero-order valence-corrected chi connectivity index (χ0v) is 20.1. The van der Waals surface area contributed by atoms with E-state index >= 15 is 0 Å². The van der Waals surface area contributed by atoms with E-state index in [9.17, 15) is 9.59 Å². The molecule has 8 heteroatoms. The van der Waals surface area contributed by atoms with Gasteiger partial charge in [0.2, 0.25) is 0 Å². The second-order valence-corrected chi connectivity index (χ2v) is 10.6. The fourth-order valence-corrected chi connectivity index (χ4v) is 6.81. The Kier molecular flexibility index (Phi) is 5.90. The normalized spacial score (nSPS) is 22.6. The summed E-state index contributed by atoms with van der Waals surface area (Å²) in [5, 5.41) is 15.9. The van der Waals surface area contributed by atoms with E-state index in [2.05, 4.69) is 57.7 Å². The average Bonchev–Trinajstić information content (AvgIpc) is 3.42. The minimum absolute atomic E-state index is 0.0582. The van der Waals surface area contributed by atoms with Crippen LogP contribution in [0.15, 0.2) is 60.7 Å². The van der Waals surface area contributed by atoms with Crippen LogP contribution in [-0.2, 0) is 4.79 Å². The molecule has 180 valence electrons. The Morgan fingerprint density at radius 1 is 0.914 bits per heavy atom. The van der Waals surface area contributed by atoms with Crippen LogP contribution in [0.5, 0.6) is 5.75 Å². The number of fused-ring (bicyclic) bond motifs is 1. The second kappa shape index (κ2) is 9.34. The average molecular weight is 489 g/mol. The zero-order valence-electron chi connectivity index (χ0n) is 19.3. The molecule has 2 unspecified atom stereocenters. The summed E-state index contributed by atoms with van der Waals surface area (Å²) in [6.45, 7) is 0. The first-order valence-electron chi connectivity index (χ1n) is 12.2. The molecule has 3 aliphatic heterocycles. The zero-order chi connectivity index (χ0) is 23.8. The summed E-state index contributed by atoms with van der Waals surface area (Å²) in [6.07, 6.45) is 3.05. The number of thioether (sulfide) groups is 1. The van der Waals surface area contributed by atoms with Gasteiger partial charge in [0.05, 0.1) is 12.1 Å². The van der Waals surface area contributed by atoms with E-state index in [-0.39, 0.29) is 30.2 Å². The van der Waals surface area contributed by atoms with Crippen molar-refractivity contribution in [3.05, 3.63) is 66.2 Å². The Morgan fingerprint density at radius 2 is 1.66 bits per heavy atom. The number of urea groups is 1. The number of amides is 2. The molecule has 3 aromatic rings. The summed E-state index contributed by atoms with van der Waals surface area (Å²) in [6, 6.07) is 20.6. The molecule has 7 nitrogen and oxygen atoms in total. The Morgan fingerprint density at radius 3 is 2.40 bits per heavy atom. The predicted molar refractivity (Wildman–Crippen MR) is 140 cm³/mol. The highest BCUT2D eigenvalue weighted by molar-refractivity contribution is 8.00. The number of hydrogen-bond acceptors (Lipinski definition) is 6. The van der Waals surface area contributed by atoms with Crippen molar-refractivity contribution in [3.8, 4) is 5.75 Å². The lowest BCUT2D eigenvalue weighted by atomic mass is 10.0. The number of carbonyl (C=O) groups excluding carboxylic acids is 2. The van der Waals surface area contributed by atoms with Gasteiger partial charge in [0.1, 0.15) is 11.9 Å². The van der Waals surface area contributed by atoms with Crippen LogP contribution in [0, 0.1) is 0 Å². The molecule has 3 atom stereocenters. The molecule has 3 heterocycles. The van der Waals surface area contributed by atoms with Crippen molar-refractivity contribution in [1.82, 2.24) is 10.6 Å². The summed E-state index contributed by atoms with van der Waals surface area (Å²) in [5.74, 6) is 1.31. The molecule has 6 rings (SSSR count). The molecule has 2 amide bonds. The highest BCUT2D eigenvalue weighted by atomic mass is 32.2. The fourth-order valence-electron chi connectivity index (χ4n) is 5.26. The van der Waals surface area contributed by atoms with Crippen LogP contribution in [0.4, 0.5) is 16.2 Å². The molecule has 4 N–H and O–H groups in total. The van der Waals surface area contributed by atoms with Crippen LogP contribution in [0.25, 0.3) is 10.8 Å². The molecular formula is C27H28N4O3S. The topological polar surface area (TPSA) is 91.5 Å². The van der Waals surface area contributed by atoms with Gasteiger partial charge in [0.15, 0.2) is 0 Å². The molecule has 0 aliphatic carbocycles. The third-order valence-electron chi connectivity index (χ3n) is 7.01. The highest BCUT2D eigenvalue weighted by Crippen LogP contribution is 2.38. The van der Waals surface area contributed by atoms with Gasteiger partial charge in [-0.3, -0.25) is 4.79 Å². The highest BCUT2D eigenvalue weighted by Gasteiger charge is 2.42. The largest absolute Gasteiger partial charge is 0.427 e. The number of carbonyl (C=O) groups is 2. The molecule has 0 aromatic heterocycles. The summed E-state index contributed by atoms with van der Waals surface area (Å²) in [5.41, 5.74) is 3.28. The van der Waals surface area contributed by atoms with Gasteiger partial charge in [0, 0.05) is 34.2 Å². The lowest BCUT2D eigenvalue weighted by Crippen LogP contribution is -2.36. The van der Waals surface area contributed by atoms with E-state index in [1.807, 2.05) is 36.0 Å². The smallest absolute Gasteiger partial charge is 0.315 e. The number of rotatable bonds is 7. The number of benzene rings is 3. The van der Waals surface area contributed by atoms with Crippen LogP contribution in [0.1, 0.15) is 37.4 Å². The Bertz CT molecular complexity index is 1220. The van der Waals surface area contributed by atoms with Crippen molar-refractivity contribution in [2.75, 3.05) is 16.4 Å². The molecule has 3 aromatic carbocycles. The number of ether oxygens (including phenoxy) is 1.